The SMILES string of the molecule is CC(=O)NCC(O)C(O)c1c(C)cc(N)cc1C. The molecule has 0 saturated heterocycles. The average molecular weight is 252 g/mol. The third kappa shape index (κ3) is 3.45. The summed E-state index contributed by atoms with van der Waals surface area (Å²) in [4.78, 5) is 10.8. The number of hydrogen-bond acceptors (Lipinski definition) is 4. The summed E-state index contributed by atoms with van der Waals surface area (Å²) in [7, 11) is 0. The van der Waals surface area contributed by atoms with Crippen LogP contribution >= 0.6 is 0 Å². The highest BCUT2D eigenvalue weighted by molar-refractivity contribution is 5.72. The number of nitrogen functional groups attached to an aromatic ring is 1. The predicted octanol–water partition coefficient (Wildman–Crippen LogP) is 0.416. The number of aryl methyl sites for hydroxylation is 2. The maximum absolute atomic E-state index is 10.8. The molecule has 18 heavy (non-hydrogen) atoms. The molecule has 1 amide bonds. The molecule has 0 radical (unpaired) electrons. The Hall–Kier alpha value is -1.59. The van der Waals surface area contributed by atoms with Crippen molar-refractivity contribution in [1.29, 1.82) is 0 Å². The van der Waals surface area contributed by atoms with Gasteiger partial charge in [0.2, 0.25) is 5.91 Å². The standard InChI is InChI=1S/C13H20N2O3/c1-7-4-10(14)5-8(2)12(7)13(18)11(17)6-15-9(3)16/h4-5,11,13,17-18H,6,14H2,1-3H3,(H,15,16). The van der Waals surface area contributed by atoms with Crippen LogP contribution in [0.2, 0.25) is 0 Å². The minimum Gasteiger partial charge on any atom is -0.399 e. The number of rotatable bonds is 4. The fraction of sp³-hybridized carbons (Fsp3) is 0.462. The van der Waals surface area contributed by atoms with Gasteiger partial charge >= 0.3 is 0 Å². The smallest absolute Gasteiger partial charge is 0.216 e. The third-order valence-electron chi connectivity index (χ3n) is 2.84. The van der Waals surface area contributed by atoms with Crippen LogP contribution in [0, 0.1) is 13.8 Å². The van der Waals surface area contributed by atoms with Gasteiger partial charge in [0.1, 0.15) is 12.2 Å². The van der Waals surface area contributed by atoms with Crippen LogP contribution in [0.15, 0.2) is 12.1 Å². The number of nitrogens with two attached hydrogens (primary N) is 1. The number of amides is 1. The van der Waals surface area contributed by atoms with Gasteiger partial charge in [-0.3, -0.25) is 4.79 Å². The summed E-state index contributed by atoms with van der Waals surface area (Å²) in [6, 6.07) is 3.49. The first-order chi connectivity index (χ1) is 8.32. The van der Waals surface area contributed by atoms with E-state index in [0.717, 1.165) is 11.1 Å². The highest BCUT2D eigenvalue weighted by atomic mass is 16.3. The predicted molar refractivity (Wildman–Crippen MR) is 70.0 cm³/mol. The molecule has 0 aliphatic rings. The van der Waals surface area contributed by atoms with Crippen molar-refractivity contribution in [3.05, 3.63) is 28.8 Å². The largest absolute Gasteiger partial charge is 0.399 e. The zero-order valence-electron chi connectivity index (χ0n) is 10.9. The first-order valence-electron chi connectivity index (χ1n) is 5.80. The second kappa shape index (κ2) is 5.84. The second-order valence-electron chi connectivity index (χ2n) is 4.52. The Balaban J connectivity index is 2.89. The summed E-state index contributed by atoms with van der Waals surface area (Å²) in [5.41, 5.74) is 8.62. The number of carbonyl (C=O) groups excluding carboxylic acids is 1. The molecule has 0 saturated carbocycles. The zero-order chi connectivity index (χ0) is 13.9. The molecular formula is C13H20N2O3. The molecule has 100 valence electrons. The summed E-state index contributed by atoms with van der Waals surface area (Å²) in [6.45, 7) is 5.03. The van der Waals surface area contributed by atoms with E-state index in [4.69, 9.17) is 5.73 Å². The molecule has 1 aromatic carbocycles. The zero-order valence-corrected chi connectivity index (χ0v) is 10.9. The highest BCUT2D eigenvalue weighted by Crippen LogP contribution is 2.26. The van der Waals surface area contributed by atoms with Crippen LogP contribution in [0.25, 0.3) is 0 Å². The van der Waals surface area contributed by atoms with Crippen LogP contribution in [-0.4, -0.2) is 28.8 Å². The Bertz CT molecular complexity index is 423. The molecule has 2 unspecified atom stereocenters. The summed E-state index contributed by atoms with van der Waals surface area (Å²) in [5, 5.41) is 22.4. The number of aliphatic hydroxyl groups is 2. The molecule has 2 atom stereocenters. The molecule has 5 heteroatoms. The van der Waals surface area contributed by atoms with Crippen LogP contribution < -0.4 is 11.1 Å². The summed E-state index contributed by atoms with van der Waals surface area (Å²) < 4.78 is 0. The van der Waals surface area contributed by atoms with Crippen molar-refractivity contribution in [1.82, 2.24) is 5.32 Å². The number of anilines is 1. The molecule has 0 spiro atoms. The fourth-order valence-electron chi connectivity index (χ4n) is 2.03. The van der Waals surface area contributed by atoms with Gasteiger partial charge in [0, 0.05) is 19.2 Å². The first-order valence-corrected chi connectivity index (χ1v) is 5.80. The maximum Gasteiger partial charge on any atom is 0.216 e. The first kappa shape index (κ1) is 14.5. The molecule has 0 heterocycles. The van der Waals surface area contributed by atoms with Crippen LogP contribution in [0.3, 0.4) is 0 Å². The van der Waals surface area contributed by atoms with Gasteiger partial charge in [-0.15, -0.1) is 0 Å². The van der Waals surface area contributed by atoms with Crippen molar-refractivity contribution in [3.63, 3.8) is 0 Å². The van der Waals surface area contributed by atoms with Gasteiger partial charge in [0.15, 0.2) is 0 Å². The fourth-order valence-corrected chi connectivity index (χ4v) is 2.03. The van der Waals surface area contributed by atoms with E-state index in [1.807, 2.05) is 13.8 Å². The minimum absolute atomic E-state index is 0.0136. The molecule has 0 bridgehead atoms. The van der Waals surface area contributed by atoms with Gasteiger partial charge in [-0.25, -0.2) is 0 Å². The number of carbonyl (C=O) groups is 1. The van der Waals surface area contributed by atoms with Gasteiger partial charge in [-0.05, 0) is 42.7 Å². The van der Waals surface area contributed by atoms with Crippen molar-refractivity contribution in [2.75, 3.05) is 12.3 Å². The minimum atomic E-state index is -1.05. The van der Waals surface area contributed by atoms with Crippen LogP contribution in [-0.2, 0) is 4.79 Å². The number of nitrogens with one attached hydrogen (secondary N) is 1. The van der Waals surface area contributed by atoms with E-state index in [9.17, 15) is 15.0 Å². The topological polar surface area (TPSA) is 95.6 Å². The van der Waals surface area contributed by atoms with Crippen molar-refractivity contribution in [2.24, 2.45) is 0 Å². The molecular weight excluding hydrogens is 232 g/mol. The highest BCUT2D eigenvalue weighted by Gasteiger charge is 2.22. The lowest BCUT2D eigenvalue weighted by molar-refractivity contribution is -0.119. The van der Waals surface area contributed by atoms with E-state index in [1.165, 1.54) is 6.92 Å². The van der Waals surface area contributed by atoms with Gasteiger partial charge in [0.05, 0.1) is 0 Å². The maximum atomic E-state index is 10.8. The Kier molecular flexibility index (Phi) is 4.69. The quantitative estimate of drug-likeness (QED) is 0.584. The molecule has 1 aromatic rings. The van der Waals surface area contributed by atoms with Gasteiger partial charge in [-0.1, -0.05) is 0 Å². The Morgan fingerprint density at radius 2 is 1.83 bits per heavy atom. The lowest BCUT2D eigenvalue weighted by Crippen LogP contribution is -2.34. The van der Waals surface area contributed by atoms with E-state index < -0.39 is 12.2 Å². The van der Waals surface area contributed by atoms with Crippen molar-refractivity contribution in [2.45, 2.75) is 33.0 Å². The summed E-state index contributed by atoms with van der Waals surface area (Å²) >= 11 is 0. The summed E-state index contributed by atoms with van der Waals surface area (Å²) in [5.74, 6) is -0.244. The monoisotopic (exact) mass is 252 g/mol. The van der Waals surface area contributed by atoms with Crippen molar-refractivity contribution >= 4 is 11.6 Å². The van der Waals surface area contributed by atoms with E-state index in [0.29, 0.717) is 11.3 Å². The number of aliphatic hydroxyl groups excluding tert-OH is 2. The average Bonchev–Trinajstić information content (AvgIpc) is 2.24. The third-order valence-corrected chi connectivity index (χ3v) is 2.84. The number of hydrogen-bond donors (Lipinski definition) is 4. The molecule has 0 aliphatic carbocycles. The molecule has 5 N–H and O–H groups in total. The van der Waals surface area contributed by atoms with Gasteiger partial charge in [0.25, 0.3) is 0 Å². The van der Waals surface area contributed by atoms with Gasteiger partial charge in [-0.2, -0.15) is 0 Å². The Morgan fingerprint density at radius 1 is 1.33 bits per heavy atom. The van der Waals surface area contributed by atoms with E-state index in [1.54, 1.807) is 12.1 Å². The van der Waals surface area contributed by atoms with Crippen molar-refractivity contribution < 1.29 is 15.0 Å². The van der Waals surface area contributed by atoms with E-state index in [2.05, 4.69) is 5.32 Å². The van der Waals surface area contributed by atoms with Crippen molar-refractivity contribution in [3.8, 4) is 0 Å². The molecule has 0 fully saturated rings. The number of benzene rings is 1. The van der Waals surface area contributed by atoms with Crippen LogP contribution in [0.5, 0.6) is 0 Å². The lowest BCUT2D eigenvalue weighted by Gasteiger charge is -2.22. The summed E-state index contributed by atoms with van der Waals surface area (Å²) in [6.07, 6.45) is -2.09. The molecule has 1 rings (SSSR count). The second-order valence-corrected chi connectivity index (χ2v) is 4.52. The Morgan fingerprint density at radius 3 is 2.28 bits per heavy atom. The molecule has 0 aromatic heterocycles. The van der Waals surface area contributed by atoms with Crippen LogP contribution in [0.1, 0.15) is 29.7 Å². The van der Waals surface area contributed by atoms with E-state index >= 15 is 0 Å². The molecule has 0 aliphatic heterocycles. The normalized spacial score (nSPS) is 14.1. The van der Waals surface area contributed by atoms with E-state index in [-0.39, 0.29) is 12.5 Å². The lowest BCUT2D eigenvalue weighted by atomic mass is 9.94. The van der Waals surface area contributed by atoms with Crippen LogP contribution in [0.4, 0.5) is 5.69 Å². The Labute approximate surface area is 107 Å². The van der Waals surface area contributed by atoms with Gasteiger partial charge < -0.3 is 21.3 Å². The molecule has 5 nitrogen and oxygen atoms in total.